The van der Waals surface area contributed by atoms with E-state index in [0.29, 0.717) is 5.69 Å². The molecular weight excluding hydrogens is 428 g/mol. The maximum atomic E-state index is 14.9. The Bertz CT molecular complexity index is 998. The highest BCUT2D eigenvalue weighted by Gasteiger charge is 2.54. The highest BCUT2D eigenvalue weighted by molar-refractivity contribution is 7.92. The van der Waals surface area contributed by atoms with Gasteiger partial charge in [0.1, 0.15) is 0 Å². The number of carbonyl (C=O) groups excluding carboxylic acids is 1. The van der Waals surface area contributed by atoms with E-state index in [0.717, 1.165) is 24.3 Å². The molecule has 0 radical (unpaired) electrons. The SMILES string of the molecule is O=C(Nc1ccnnc1)N1CCC(C(F)(F)S(=O)(=O)c2ccccc2C(F)F)CC1. The number of aromatic nitrogens is 2. The van der Waals surface area contributed by atoms with Crippen LogP contribution in [0.1, 0.15) is 24.8 Å². The highest BCUT2D eigenvalue weighted by atomic mass is 32.2. The van der Waals surface area contributed by atoms with Crippen molar-refractivity contribution in [1.29, 1.82) is 0 Å². The summed E-state index contributed by atoms with van der Waals surface area (Å²) < 4.78 is 81.2. The summed E-state index contributed by atoms with van der Waals surface area (Å²) in [5.74, 6) is -1.61. The van der Waals surface area contributed by atoms with E-state index >= 15 is 0 Å². The lowest BCUT2D eigenvalue weighted by Crippen LogP contribution is -2.47. The molecule has 1 fully saturated rings. The lowest BCUT2D eigenvalue weighted by molar-refractivity contribution is 0.000239. The predicted molar refractivity (Wildman–Crippen MR) is 98.9 cm³/mol. The average Bonchev–Trinajstić information content (AvgIpc) is 2.74. The Morgan fingerprint density at radius 2 is 1.80 bits per heavy atom. The number of anilines is 1. The van der Waals surface area contributed by atoms with Gasteiger partial charge in [0, 0.05) is 24.6 Å². The monoisotopic (exact) mass is 446 g/mol. The number of likely N-dealkylation sites (tertiary alicyclic amines) is 1. The first kappa shape index (κ1) is 21.9. The molecular formula is C18H18F4N4O3S. The molecule has 1 aromatic carbocycles. The third kappa shape index (κ3) is 4.23. The van der Waals surface area contributed by atoms with E-state index in [1.165, 1.54) is 23.4 Å². The van der Waals surface area contributed by atoms with Crippen molar-refractivity contribution in [3.05, 3.63) is 48.3 Å². The van der Waals surface area contributed by atoms with Gasteiger partial charge in [-0.15, -0.1) is 0 Å². The van der Waals surface area contributed by atoms with Crippen LogP contribution in [0.3, 0.4) is 0 Å². The van der Waals surface area contributed by atoms with Crippen molar-refractivity contribution in [2.24, 2.45) is 5.92 Å². The lowest BCUT2D eigenvalue weighted by Gasteiger charge is -2.35. The van der Waals surface area contributed by atoms with Crippen molar-refractivity contribution < 1.29 is 30.8 Å². The van der Waals surface area contributed by atoms with Crippen LogP contribution in [0.15, 0.2) is 47.6 Å². The van der Waals surface area contributed by atoms with Crippen LogP contribution in [0.2, 0.25) is 0 Å². The summed E-state index contributed by atoms with van der Waals surface area (Å²) in [6.07, 6.45) is -1.13. The molecule has 162 valence electrons. The molecule has 3 rings (SSSR count). The summed E-state index contributed by atoms with van der Waals surface area (Å²) in [7, 11) is -5.35. The van der Waals surface area contributed by atoms with Crippen LogP contribution in [-0.2, 0) is 9.84 Å². The molecule has 12 heteroatoms. The standard InChI is InChI=1S/C18H18F4N4O3S/c19-16(20)14-3-1-2-4-15(14)30(28,29)18(21,22)12-6-9-26(10-7-12)17(27)25-13-5-8-23-24-11-13/h1-5,8,11-12,16H,6-7,9-10H2,(H,23,25,27). The van der Waals surface area contributed by atoms with E-state index in [2.05, 4.69) is 15.5 Å². The maximum Gasteiger partial charge on any atom is 0.352 e. The number of nitrogens with one attached hydrogen (secondary N) is 1. The Morgan fingerprint density at radius 1 is 1.13 bits per heavy atom. The van der Waals surface area contributed by atoms with Crippen LogP contribution < -0.4 is 5.32 Å². The van der Waals surface area contributed by atoms with E-state index in [4.69, 9.17) is 0 Å². The number of carbonyl (C=O) groups is 1. The zero-order valence-electron chi connectivity index (χ0n) is 15.5. The Balaban J connectivity index is 1.72. The van der Waals surface area contributed by atoms with Gasteiger partial charge in [-0.2, -0.15) is 19.0 Å². The summed E-state index contributed by atoms with van der Waals surface area (Å²) in [6.45, 7) is -0.229. The molecule has 2 aromatic rings. The zero-order chi connectivity index (χ0) is 21.9. The lowest BCUT2D eigenvalue weighted by atomic mass is 9.97. The van der Waals surface area contributed by atoms with Crippen LogP contribution >= 0.6 is 0 Å². The smallest absolute Gasteiger partial charge is 0.325 e. The molecule has 2 amide bonds. The van der Waals surface area contributed by atoms with Crippen molar-refractivity contribution in [2.75, 3.05) is 18.4 Å². The van der Waals surface area contributed by atoms with Crippen molar-refractivity contribution in [1.82, 2.24) is 15.1 Å². The number of piperidine rings is 1. The fourth-order valence-corrected chi connectivity index (χ4v) is 4.95. The van der Waals surface area contributed by atoms with Gasteiger partial charge in [0.05, 0.1) is 23.0 Å². The first-order chi connectivity index (χ1) is 14.1. The van der Waals surface area contributed by atoms with Gasteiger partial charge in [0.25, 0.3) is 6.43 Å². The highest BCUT2D eigenvalue weighted by Crippen LogP contribution is 2.43. The van der Waals surface area contributed by atoms with Gasteiger partial charge in [-0.25, -0.2) is 22.0 Å². The minimum absolute atomic E-state index is 0.114. The first-order valence-corrected chi connectivity index (χ1v) is 10.4. The number of rotatable bonds is 5. The maximum absolute atomic E-state index is 14.9. The molecule has 0 atom stereocenters. The van der Waals surface area contributed by atoms with E-state index in [1.54, 1.807) is 0 Å². The predicted octanol–water partition coefficient (Wildman–Crippen LogP) is 3.72. The zero-order valence-corrected chi connectivity index (χ0v) is 16.3. The quantitative estimate of drug-likeness (QED) is 0.707. The molecule has 1 aliphatic rings. The van der Waals surface area contributed by atoms with Crippen LogP contribution in [0.25, 0.3) is 0 Å². The Hall–Kier alpha value is -2.76. The largest absolute Gasteiger partial charge is 0.352 e. The van der Waals surface area contributed by atoms with Gasteiger partial charge in [-0.3, -0.25) is 0 Å². The third-order valence-corrected chi connectivity index (χ3v) is 6.90. The van der Waals surface area contributed by atoms with Crippen molar-refractivity contribution in [3.63, 3.8) is 0 Å². The molecule has 1 aliphatic heterocycles. The molecule has 0 aliphatic carbocycles. The second kappa shape index (κ2) is 8.54. The van der Waals surface area contributed by atoms with Crippen molar-refractivity contribution in [2.45, 2.75) is 29.4 Å². The molecule has 0 saturated carbocycles. The fourth-order valence-electron chi connectivity index (χ4n) is 3.26. The summed E-state index contributed by atoms with van der Waals surface area (Å²) in [5, 5.41) is 5.45. The molecule has 1 aromatic heterocycles. The van der Waals surface area contributed by atoms with E-state index in [-0.39, 0.29) is 25.9 Å². The van der Waals surface area contributed by atoms with Gasteiger partial charge in [0.2, 0.25) is 9.84 Å². The van der Waals surface area contributed by atoms with Gasteiger partial charge < -0.3 is 10.2 Å². The minimum Gasteiger partial charge on any atom is -0.325 e. The van der Waals surface area contributed by atoms with Gasteiger partial charge >= 0.3 is 11.3 Å². The molecule has 0 unspecified atom stereocenters. The van der Waals surface area contributed by atoms with E-state index < -0.39 is 43.9 Å². The summed E-state index contributed by atoms with van der Waals surface area (Å²) >= 11 is 0. The van der Waals surface area contributed by atoms with Gasteiger partial charge in [0.15, 0.2) is 0 Å². The van der Waals surface area contributed by atoms with Crippen LogP contribution in [0, 0.1) is 5.92 Å². The Kier molecular flexibility index (Phi) is 6.25. The number of halogens is 4. The van der Waals surface area contributed by atoms with E-state index in [9.17, 15) is 30.8 Å². The van der Waals surface area contributed by atoms with Crippen LogP contribution in [-0.4, -0.2) is 47.9 Å². The number of nitrogens with zero attached hydrogens (tertiary/aromatic N) is 3. The minimum atomic E-state index is -5.35. The normalized spacial score (nSPS) is 16.0. The van der Waals surface area contributed by atoms with Gasteiger partial charge in [-0.05, 0) is 25.0 Å². The average molecular weight is 446 g/mol. The summed E-state index contributed by atoms with van der Waals surface area (Å²) in [6, 6.07) is 4.81. The second-order valence-electron chi connectivity index (χ2n) is 6.73. The summed E-state index contributed by atoms with van der Waals surface area (Å²) in [5.41, 5.74) is -0.589. The van der Waals surface area contributed by atoms with E-state index in [1.807, 2.05) is 0 Å². The van der Waals surface area contributed by atoms with Crippen molar-refractivity contribution in [3.8, 4) is 0 Å². The number of hydrogen-bond acceptors (Lipinski definition) is 5. The molecule has 0 spiro atoms. The molecule has 7 nitrogen and oxygen atoms in total. The Morgan fingerprint density at radius 3 is 2.40 bits per heavy atom. The van der Waals surface area contributed by atoms with Crippen molar-refractivity contribution >= 4 is 21.6 Å². The molecule has 30 heavy (non-hydrogen) atoms. The number of urea groups is 1. The molecule has 1 saturated heterocycles. The Labute approximate surface area is 170 Å². The number of benzene rings is 1. The second-order valence-corrected chi connectivity index (χ2v) is 8.72. The molecule has 0 bridgehead atoms. The topological polar surface area (TPSA) is 92.3 Å². The van der Waals surface area contributed by atoms with Crippen LogP contribution in [0.5, 0.6) is 0 Å². The molecule has 1 N–H and O–H groups in total. The number of amides is 2. The number of alkyl halides is 4. The summed E-state index contributed by atoms with van der Waals surface area (Å²) in [4.78, 5) is 12.4. The first-order valence-electron chi connectivity index (χ1n) is 8.96. The fraction of sp³-hybridized carbons (Fsp3) is 0.389. The molecule has 2 heterocycles. The number of sulfone groups is 1. The van der Waals surface area contributed by atoms with Gasteiger partial charge in [-0.1, -0.05) is 18.2 Å². The van der Waals surface area contributed by atoms with Crippen LogP contribution in [0.4, 0.5) is 28.0 Å². The number of hydrogen-bond donors (Lipinski definition) is 1. The third-order valence-electron chi connectivity index (χ3n) is 4.89.